The molecule has 1 aliphatic heterocycles. The van der Waals surface area contributed by atoms with Gasteiger partial charge in [0.15, 0.2) is 5.13 Å². The molecular formula is C37H22ClN3S2. The number of thiazole rings is 1. The highest BCUT2D eigenvalue weighted by atomic mass is 35.5. The summed E-state index contributed by atoms with van der Waals surface area (Å²) in [6.45, 7) is 0. The summed E-state index contributed by atoms with van der Waals surface area (Å²) in [5.74, 6) is 0.219. The summed E-state index contributed by atoms with van der Waals surface area (Å²) in [5, 5.41) is 6.81. The molecule has 6 heteroatoms. The number of fused-ring (bicyclic) bond motifs is 12. The molecule has 204 valence electrons. The highest BCUT2D eigenvalue weighted by Crippen LogP contribution is 2.54. The fourth-order valence-electron chi connectivity index (χ4n) is 7.31. The quantitative estimate of drug-likeness (QED) is 0.195. The van der Waals surface area contributed by atoms with Gasteiger partial charge in [0.25, 0.3) is 0 Å². The van der Waals surface area contributed by atoms with E-state index < -0.39 is 0 Å². The molecule has 0 amide bonds. The number of para-hydroxylation sites is 2. The third-order valence-corrected chi connectivity index (χ3v) is 11.6. The van der Waals surface area contributed by atoms with Crippen LogP contribution in [-0.2, 0) is 0 Å². The molecule has 10 rings (SSSR count). The molecule has 0 spiro atoms. The van der Waals surface area contributed by atoms with Crippen molar-refractivity contribution in [2.45, 2.75) is 12.0 Å². The Hall–Kier alpha value is -4.42. The predicted molar refractivity (Wildman–Crippen MR) is 185 cm³/mol. The smallest absolute Gasteiger partial charge is 0.191 e. The van der Waals surface area contributed by atoms with Crippen molar-refractivity contribution >= 4 is 97.3 Å². The van der Waals surface area contributed by atoms with Crippen molar-refractivity contribution in [2.24, 2.45) is 0 Å². The SMILES string of the molecule is Clc1cc2sc(N3c4ccc5c(c4C4C=CC=CC43)c3ccccc3n5-c3ccccc3)nc2c2c1sc1ccccc12. The summed E-state index contributed by atoms with van der Waals surface area (Å²) in [5.41, 5.74) is 7.28. The van der Waals surface area contributed by atoms with Gasteiger partial charge in [-0.1, -0.05) is 102 Å². The van der Waals surface area contributed by atoms with Gasteiger partial charge in [-0.05, 0) is 48.0 Å². The topological polar surface area (TPSA) is 21.1 Å². The van der Waals surface area contributed by atoms with Crippen LogP contribution in [0.2, 0.25) is 5.02 Å². The van der Waals surface area contributed by atoms with E-state index in [9.17, 15) is 0 Å². The lowest BCUT2D eigenvalue weighted by atomic mass is 9.89. The van der Waals surface area contributed by atoms with Crippen molar-refractivity contribution in [1.29, 1.82) is 0 Å². The maximum atomic E-state index is 6.89. The van der Waals surface area contributed by atoms with E-state index >= 15 is 0 Å². The number of nitrogens with zero attached hydrogens (tertiary/aromatic N) is 3. The highest BCUT2D eigenvalue weighted by molar-refractivity contribution is 7.27. The number of anilines is 2. The van der Waals surface area contributed by atoms with Crippen LogP contribution in [0, 0.1) is 0 Å². The molecule has 0 bridgehead atoms. The van der Waals surface area contributed by atoms with Gasteiger partial charge in [0.2, 0.25) is 0 Å². The summed E-state index contributed by atoms with van der Waals surface area (Å²) in [7, 11) is 0. The van der Waals surface area contributed by atoms with Crippen molar-refractivity contribution in [1.82, 2.24) is 9.55 Å². The molecule has 0 radical (unpaired) electrons. The first kappa shape index (κ1) is 24.1. The predicted octanol–water partition coefficient (Wildman–Crippen LogP) is 11.1. The van der Waals surface area contributed by atoms with E-state index in [0.29, 0.717) is 0 Å². The first-order valence-corrected chi connectivity index (χ1v) is 16.4. The molecule has 8 aromatic rings. The Morgan fingerprint density at radius 3 is 2.40 bits per heavy atom. The first-order valence-electron chi connectivity index (χ1n) is 14.4. The van der Waals surface area contributed by atoms with Crippen molar-refractivity contribution in [3.05, 3.63) is 132 Å². The summed E-state index contributed by atoms with van der Waals surface area (Å²) in [6, 6.07) is 34.9. The molecule has 2 aliphatic rings. The zero-order chi connectivity index (χ0) is 28.2. The zero-order valence-electron chi connectivity index (χ0n) is 22.7. The molecule has 43 heavy (non-hydrogen) atoms. The molecule has 3 nitrogen and oxygen atoms in total. The van der Waals surface area contributed by atoms with E-state index in [2.05, 4.69) is 131 Å². The lowest BCUT2D eigenvalue weighted by Crippen LogP contribution is -2.28. The van der Waals surface area contributed by atoms with Crippen LogP contribution in [0.1, 0.15) is 11.5 Å². The number of benzene rings is 5. The summed E-state index contributed by atoms with van der Waals surface area (Å²) >= 11 is 10.4. The molecule has 0 fully saturated rings. The van der Waals surface area contributed by atoms with Gasteiger partial charge in [-0.3, -0.25) is 0 Å². The fraction of sp³-hybridized carbons (Fsp3) is 0.0541. The Morgan fingerprint density at radius 2 is 1.49 bits per heavy atom. The van der Waals surface area contributed by atoms with Gasteiger partial charge in [0.1, 0.15) is 0 Å². The molecule has 0 N–H and O–H groups in total. The fourth-order valence-corrected chi connectivity index (χ4v) is 9.88. The minimum absolute atomic E-state index is 0.148. The van der Waals surface area contributed by atoms with Crippen LogP contribution < -0.4 is 4.90 Å². The van der Waals surface area contributed by atoms with Crippen LogP contribution in [0.5, 0.6) is 0 Å². The van der Waals surface area contributed by atoms with E-state index in [0.717, 1.165) is 25.1 Å². The molecular weight excluding hydrogens is 586 g/mol. The Kier molecular flexibility index (Phi) is 4.93. The second-order valence-electron chi connectivity index (χ2n) is 11.2. The van der Waals surface area contributed by atoms with Crippen molar-refractivity contribution in [2.75, 3.05) is 4.90 Å². The van der Waals surface area contributed by atoms with Gasteiger partial charge < -0.3 is 9.47 Å². The first-order chi connectivity index (χ1) is 21.3. The largest absolute Gasteiger partial charge is 0.310 e. The van der Waals surface area contributed by atoms with Crippen LogP contribution in [0.15, 0.2) is 121 Å². The maximum Gasteiger partial charge on any atom is 0.191 e. The van der Waals surface area contributed by atoms with Crippen molar-refractivity contribution < 1.29 is 0 Å². The van der Waals surface area contributed by atoms with E-state index in [1.807, 2.05) is 0 Å². The number of halogens is 1. The standard InChI is InChI=1S/C37H22ClN3S2/c38-25-20-31-35(34-24-14-6-9-17-30(24)42-36(25)34)39-37(43-31)41-27-16-8-5-13-23(27)33-29(41)19-18-28-32(33)22-12-4-7-15-26(22)40(28)21-10-2-1-3-11-21/h1-20,23,27H. The van der Waals surface area contributed by atoms with Crippen LogP contribution in [0.25, 0.3) is 57.9 Å². The minimum Gasteiger partial charge on any atom is -0.310 e. The molecule has 2 unspecified atom stereocenters. The van der Waals surface area contributed by atoms with Gasteiger partial charge in [-0.25, -0.2) is 4.98 Å². The van der Waals surface area contributed by atoms with Crippen LogP contribution in [-0.4, -0.2) is 15.6 Å². The minimum atomic E-state index is 0.148. The number of allylic oxidation sites excluding steroid dienone is 2. The number of hydrogen-bond donors (Lipinski definition) is 0. The third-order valence-electron chi connectivity index (χ3n) is 9.02. The second kappa shape index (κ2) is 8.80. The molecule has 2 atom stereocenters. The number of aromatic nitrogens is 2. The Labute approximate surface area is 260 Å². The molecule has 0 saturated carbocycles. The summed E-state index contributed by atoms with van der Waals surface area (Å²) in [4.78, 5) is 7.87. The van der Waals surface area contributed by atoms with Gasteiger partial charge in [-0.15, -0.1) is 11.3 Å². The van der Waals surface area contributed by atoms with E-state index in [1.165, 1.54) is 54.2 Å². The normalized spacial score (nSPS) is 17.7. The second-order valence-corrected chi connectivity index (χ2v) is 13.7. The molecule has 5 aromatic carbocycles. The van der Waals surface area contributed by atoms with Crippen molar-refractivity contribution in [3.63, 3.8) is 0 Å². The molecule has 1 aliphatic carbocycles. The highest BCUT2D eigenvalue weighted by Gasteiger charge is 2.41. The summed E-state index contributed by atoms with van der Waals surface area (Å²) < 4.78 is 5.88. The number of hydrogen-bond acceptors (Lipinski definition) is 4. The van der Waals surface area contributed by atoms with Gasteiger partial charge in [0, 0.05) is 43.5 Å². The maximum absolute atomic E-state index is 6.89. The summed E-state index contributed by atoms with van der Waals surface area (Å²) in [6.07, 6.45) is 9.08. The molecule has 0 saturated heterocycles. The Bertz CT molecular complexity index is 2500. The van der Waals surface area contributed by atoms with Crippen LogP contribution in [0.4, 0.5) is 10.8 Å². The zero-order valence-corrected chi connectivity index (χ0v) is 25.1. The number of thiophene rings is 1. The lowest BCUT2D eigenvalue weighted by Gasteiger charge is -2.25. The van der Waals surface area contributed by atoms with E-state index in [-0.39, 0.29) is 12.0 Å². The van der Waals surface area contributed by atoms with Gasteiger partial charge in [0.05, 0.1) is 37.0 Å². The third kappa shape index (κ3) is 3.22. The van der Waals surface area contributed by atoms with Crippen LogP contribution >= 0.6 is 34.3 Å². The molecule has 3 aromatic heterocycles. The van der Waals surface area contributed by atoms with Crippen LogP contribution in [0.3, 0.4) is 0 Å². The Morgan fingerprint density at radius 1 is 0.698 bits per heavy atom. The van der Waals surface area contributed by atoms with Gasteiger partial charge in [-0.2, -0.15) is 0 Å². The van der Waals surface area contributed by atoms with Gasteiger partial charge >= 0.3 is 0 Å². The Balaban J connectivity index is 1.27. The van der Waals surface area contributed by atoms with E-state index in [1.54, 1.807) is 22.7 Å². The van der Waals surface area contributed by atoms with Crippen molar-refractivity contribution in [3.8, 4) is 5.69 Å². The molecule has 4 heterocycles. The number of rotatable bonds is 2. The van der Waals surface area contributed by atoms with E-state index in [4.69, 9.17) is 16.6 Å². The monoisotopic (exact) mass is 607 g/mol. The average molecular weight is 608 g/mol. The average Bonchev–Trinajstić information content (AvgIpc) is 3.80. The lowest BCUT2D eigenvalue weighted by molar-refractivity contribution is 0.746.